The molecule has 0 bridgehead atoms. The van der Waals surface area contributed by atoms with Gasteiger partial charge in [-0.05, 0) is 45.0 Å². The molecule has 5 rings (SSSR count). The zero-order chi connectivity index (χ0) is 24.0. The van der Waals surface area contributed by atoms with Crippen LogP contribution in [0.15, 0.2) is 36.7 Å². The Kier molecular flexibility index (Phi) is 5.09. The maximum Gasteiger partial charge on any atom is 0.227 e. The normalized spacial score (nSPS) is 14.5. The molecule has 1 aliphatic rings. The first-order chi connectivity index (χ1) is 16.3. The first-order valence-electron chi connectivity index (χ1n) is 11.0. The van der Waals surface area contributed by atoms with Crippen molar-refractivity contribution in [2.75, 3.05) is 30.4 Å². The van der Waals surface area contributed by atoms with Crippen LogP contribution in [0.1, 0.15) is 18.3 Å². The Morgan fingerprint density at radius 3 is 2.59 bits per heavy atom. The van der Waals surface area contributed by atoms with E-state index in [2.05, 4.69) is 26.3 Å². The maximum atomic E-state index is 9.39. The van der Waals surface area contributed by atoms with Crippen LogP contribution < -0.4 is 15.0 Å². The summed E-state index contributed by atoms with van der Waals surface area (Å²) in [5, 5.41) is 13.6. The molecule has 1 aliphatic heterocycles. The SMILES string of the molecule is COc1cc(-c2ncc(C)n2C)ccc1Nc1ncc2cc(C)nc(N3CC(C)(C#N)C3)c2n1. The summed E-state index contributed by atoms with van der Waals surface area (Å²) in [6.45, 7) is 7.19. The molecule has 0 aliphatic carbocycles. The quantitative estimate of drug-likeness (QED) is 0.480. The van der Waals surface area contributed by atoms with Crippen molar-refractivity contribution >= 4 is 28.4 Å². The van der Waals surface area contributed by atoms with Crippen molar-refractivity contribution in [1.29, 1.82) is 5.26 Å². The molecular formula is C25H26N8O. The number of nitrogens with zero attached hydrogens (tertiary/aromatic N) is 7. The lowest BCUT2D eigenvalue weighted by Gasteiger charge is -2.44. The highest BCUT2D eigenvalue weighted by Gasteiger charge is 2.40. The van der Waals surface area contributed by atoms with E-state index in [1.54, 1.807) is 13.3 Å². The van der Waals surface area contributed by atoms with Gasteiger partial charge in [-0.1, -0.05) is 0 Å². The number of fused-ring (bicyclic) bond motifs is 1. The summed E-state index contributed by atoms with van der Waals surface area (Å²) in [7, 11) is 3.62. The van der Waals surface area contributed by atoms with Crippen LogP contribution in [0, 0.1) is 30.6 Å². The Morgan fingerprint density at radius 1 is 1.12 bits per heavy atom. The number of hydrogen-bond acceptors (Lipinski definition) is 8. The third-order valence-electron chi connectivity index (χ3n) is 6.25. The van der Waals surface area contributed by atoms with Crippen molar-refractivity contribution < 1.29 is 4.74 Å². The van der Waals surface area contributed by atoms with Crippen molar-refractivity contribution in [2.45, 2.75) is 20.8 Å². The highest BCUT2D eigenvalue weighted by Crippen LogP contribution is 2.37. The zero-order valence-electron chi connectivity index (χ0n) is 19.9. The van der Waals surface area contributed by atoms with Gasteiger partial charge in [0.05, 0.1) is 24.3 Å². The largest absolute Gasteiger partial charge is 0.495 e. The molecule has 0 atom stereocenters. The molecule has 34 heavy (non-hydrogen) atoms. The van der Waals surface area contributed by atoms with E-state index >= 15 is 0 Å². The highest BCUT2D eigenvalue weighted by molar-refractivity contribution is 5.90. The van der Waals surface area contributed by atoms with E-state index in [0.717, 1.165) is 45.2 Å². The minimum Gasteiger partial charge on any atom is -0.495 e. The van der Waals surface area contributed by atoms with Crippen LogP contribution in [-0.4, -0.2) is 44.7 Å². The summed E-state index contributed by atoms with van der Waals surface area (Å²) >= 11 is 0. The van der Waals surface area contributed by atoms with E-state index in [4.69, 9.17) is 14.7 Å². The number of anilines is 3. The molecular weight excluding hydrogens is 428 g/mol. The molecule has 1 aromatic carbocycles. The molecule has 3 aromatic heterocycles. The lowest BCUT2D eigenvalue weighted by molar-refractivity contribution is 0.335. The second-order valence-corrected chi connectivity index (χ2v) is 9.07. The topological polar surface area (TPSA) is 105 Å². The standard InChI is InChI=1S/C25H26N8O/c1-15-8-18-11-28-24(31-21(18)23(29-15)33-13-25(3,12-26)14-33)30-19-7-6-17(9-20(19)34-5)22-27-10-16(2)32(22)4/h6-11H,13-14H2,1-5H3,(H,28,30,31). The highest BCUT2D eigenvalue weighted by atomic mass is 16.5. The molecule has 1 N–H and O–H groups in total. The second-order valence-electron chi connectivity index (χ2n) is 9.07. The summed E-state index contributed by atoms with van der Waals surface area (Å²) in [5.74, 6) is 2.76. The molecule has 0 amide bonds. The Hall–Kier alpha value is -4.19. The fraction of sp³-hybridized carbons (Fsp3) is 0.320. The summed E-state index contributed by atoms with van der Waals surface area (Å²) in [5.41, 5.74) is 4.07. The first kappa shape index (κ1) is 21.6. The molecule has 172 valence electrons. The van der Waals surface area contributed by atoms with Crippen LogP contribution >= 0.6 is 0 Å². The number of aromatic nitrogens is 5. The van der Waals surface area contributed by atoms with Gasteiger partial charge in [-0.2, -0.15) is 5.26 Å². The molecule has 1 fully saturated rings. The predicted molar refractivity (Wildman–Crippen MR) is 131 cm³/mol. The molecule has 1 saturated heterocycles. The summed E-state index contributed by atoms with van der Waals surface area (Å²) in [6.07, 6.45) is 3.64. The van der Waals surface area contributed by atoms with Gasteiger partial charge in [-0.3, -0.25) is 0 Å². The molecule has 0 saturated carbocycles. The average Bonchev–Trinajstić information content (AvgIpc) is 3.15. The molecule has 0 radical (unpaired) electrons. The van der Waals surface area contributed by atoms with Crippen LogP contribution in [0.5, 0.6) is 5.75 Å². The number of nitrogens with one attached hydrogen (secondary N) is 1. The van der Waals surface area contributed by atoms with Crippen LogP contribution in [0.4, 0.5) is 17.5 Å². The van der Waals surface area contributed by atoms with E-state index in [-0.39, 0.29) is 5.41 Å². The van der Waals surface area contributed by atoms with E-state index in [9.17, 15) is 5.26 Å². The van der Waals surface area contributed by atoms with Gasteiger partial charge in [0.25, 0.3) is 0 Å². The maximum absolute atomic E-state index is 9.39. The van der Waals surface area contributed by atoms with Gasteiger partial charge < -0.3 is 19.5 Å². The van der Waals surface area contributed by atoms with Gasteiger partial charge in [0.15, 0.2) is 5.82 Å². The number of hydrogen-bond donors (Lipinski definition) is 1. The van der Waals surface area contributed by atoms with Gasteiger partial charge in [-0.25, -0.2) is 19.9 Å². The van der Waals surface area contributed by atoms with Crippen molar-refractivity contribution in [3.8, 4) is 23.2 Å². The summed E-state index contributed by atoms with van der Waals surface area (Å²) in [6, 6.07) is 10.2. The van der Waals surface area contributed by atoms with E-state index in [0.29, 0.717) is 24.8 Å². The van der Waals surface area contributed by atoms with Gasteiger partial charge >= 0.3 is 0 Å². The smallest absolute Gasteiger partial charge is 0.227 e. The molecule has 9 nitrogen and oxygen atoms in total. The molecule has 9 heteroatoms. The van der Waals surface area contributed by atoms with Crippen molar-refractivity contribution in [2.24, 2.45) is 12.5 Å². The van der Waals surface area contributed by atoms with Gasteiger partial charge in [-0.15, -0.1) is 0 Å². The molecule has 4 heterocycles. The Bertz CT molecular complexity index is 1450. The molecule has 0 spiro atoms. The van der Waals surface area contributed by atoms with Gasteiger partial charge in [0.2, 0.25) is 5.95 Å². The predicted octanol–water partition coefficient (Wildman–Crippen LogP) is 4.14. The lowest BCUT2D eigenvalue weighted by atomic mass is 9.83. The van der Waals surface area contributed by atoms with E-state index in [1.807, 2.05) is 62.8 Å². The monoisotopic (exact) mass is 454 g/mol. The third kappa shape index (κ3) is 3.67. The average molecular weight is 455 g/mol. The number of aryl methyl sites for hydroxylation is 2. The van der Waals surface area contributed by atoms with Crippen LogP contribution in [0.3, 0.4) is 0 Å². The van der Waals surface area contributed by atoms with Crippen molar-refractivity contribution in [3.05, 3.63) is 48.0 Å². The number of methoxy groups -OCH3 is 1. The fourth-order valence-corrected chi connectivity index (χ4v) is 4.27. The minimum atomic E-state index is -0.354. The fourth-order valence-electron chi connectivity index (χ4n) is 4.27. The first-order valence-corrected chi connectivity index (χ1v) is 11.0. The van der Waals surface area contributed by atoms with Crippen molar-refractivity contribution in [1.82, 2.24) is 24.5 Å². The lowest BCUT2D eigenvalue weighted by Crippen LogP contribution is -2.54. The number of pyridine rings is 1. The number of imidazole rings is 1. The van der Waals surface area contributed by atoms with Crippen LogP contribution in [0.2, 0.25) is 0 Å². The summed E-state index contributed by atoms with van der Waals surface area (Å²) in [4.78, 5) is 20.6. The Morgan fingerprint density at radius 2 is 1.91 bits per heavy atom. The second kappa shape index (κ2) is 7.99. The van der Waals surface area contributed by atoms with Gasteiger partial charge in [0.1, 0.15) is 17.1 Å². The van der Waals surface area contributed by atoms with Crippen LogP contribution in [-0.2, 0) is 7.05 Å². The number of rotatable bonds is 5. The number of ether oxygens (including phenoxy) is 1. The molecule has 0 unspecified atom stereocenters. The Labute approximate surface area is 198 Å². The van der Waals surface area contributed by atoms with Gasteiger partial charge in [0, 0.05) is 54.9 Å². The van der Waals surface area contributed by atoms with E-state index < -0.39 is 0 Å². The zero-order valence-corrected chi connectivity index (χ0v) is 19.9. The Balaban J connectivity index is 1.48. The molecule has 4 aromatic rings. The van der Waals surface area contributed by atoms with Crippen LogP contribution in [0.25, 0.3) is 22.3 Å². The van der Waals surface area contributed by atoms with Crippen molar-refractivity contribution in [3.63, 3.8) is 0 Å². The number of benzene rings is 1. The minimum absolute atomic E-state index is 0.354. The van der Waals surface area contributed by atoms with E-state index in [1.165, 1.54) is 0 Å². The number of nitriles is 1. The summed E-state index contributed by atoms with van der Waals surface area (Å²) < 4.78 is 7.69. The third-order valence-corrected chi connectivity index (χ3v) is 6.25.